The van der Waals surface area contributed by atoms with Crippen LogP contribution in [-0.2, 0) is 0 Å². The van der Waals surface area contributed by atoms with Crippen molar-refractivity contribution >= 4 is 5.84 Å². The van der Waals surface area contributed by atoms with Gasteiger partial charge in [0.05, 0.1) is 26.9 Å². The van der Waals surface area contributed by atoms with Crippen LogP contribution in [0.25, 0.3) is 0 Å². The Balaban J connectivity index is 3.39. The van der Waals surface area contributed by atoms with Crippen molar-refractivity contribution in [3.05, 3.63) is 17.7 Å². The molecule has 15 heavy (non-hydrogen) atoms. The van der Waals surface area contributed by atoms with Gasteiger partial charge in [0.25, 0.3) is 0 Å². The second-order valence-electron chi connectivity index (χ2n) is 2.82. The van der Waals surface area contributed by atoms with E-state index >= 15 is 0 Å². The number of benzene rings is 1. The van der Waals surface area contributed by atoms with Crippen LogP contribution in [0.2, 0.25) is 0 Å². The Hall–Kier alpha value is -1.91. The van der Waals surface area contributed by atoms with Crippen molar-refractivity contribution in [2.45, 2.75) is 0 Å². The van der Waals surface area contributed by atoms with E-state index in [-0.39, 0.29) is 5.84 Å². The number of methoxy groups -OCH3 is 3. The van der Waals surface area contributed by atoms with Crippen LogP contribution < -0.4 is 19.9 Å². The van der Waals surface area contributed by atoms with E-state index < -0.39 is 0 Å². The normalized spacial score (nSPS) is 9.53. The maximum Gasteiger partial charge on any atom is 0.171 e. The van der Waals surface area contributed by atoms with E-state index in [1.54, 1.807) is 12.1 Å². The fraction of sp³-hybridized carbons (Fsp3) is 0.300. The molecule has 0 spiro atoms. The summed E-state index contributed by atoms with van der Waals surface area (Å²) in [5.74, 6) is 1.40. The van der Waals surface area contributed by atoms with Crippen molar-refractivity contribution in [2.75, 3.05) is 21.3 Å². The third-order valence-corrected chi connectivity index (χ3v) is 1.98. The molecule has 3 N–H and O–H groups in total. The number of hydrogen-bond donors (Lipinski definition) is 2. The standard InChI is InChI=1S/C10H14N2O3/c1-13-6-4-7(10(11)12)9(15-3)8(5-6)14-2/h4-5H,1-3H3,(H3,11,12). The minimum Gasteiger partial charge on any atom is -0.497 e. The van der Waals surface area contributed by atoms with Gasteiger partial charge in [0, 0.05) is 6.07 Å². The second kappa shape index (κ2) is 4.54. The zero-order valence-electron chi connectivity index (χ0n) is 8.96. The van der Waals surface area contributed by atoms with Crippen LogP contribution in [-0.4, -0.2) is 27.2 Å². The summed E-state index contributed by atoms with van der Waals surface area (Å²) in [6.07, 6.45) is 0. The summed E-state index contributed by atoms with van der Waals surface area (Å²) in [7, 11) is 4.54. The lowest BCUT2D eigenvalue weighted by atomic mass is 10.1. The minimum atomic E-state index is -0.0935. The lowest BCUT2D eigenvalue weighted by Gasteiger charge is -2.13. The van der Waals surface area contributed by atoms with Gasteiger partial charge in [-0.1, -0.05) is 0 Å². The molecule has 0 unspecified atom stereocenters. The molecule has 0 fully saturated rings. The summed E-state index contributed by atoms with van der Waals surface area (Å²) < 4.78 is 15.3. The Morgan fingerprint density at radius 1 is 1.13 bits per heavy atom. The van der Waals surface area contributed by atoms with Crippen LogP contribution in [0.15, 0.2) is 12.1 Å². The maximum atomic E-state index is 7.41. The van der Waals surface area contributed by atoms with E-state index in [0.717, 1.165) is 0 Å². The molecular formula is C10H14N2O3. The average molecular weight is 210 g/mol. The molecule has 0 saturated heterocycles. The SMILES string of the molecule is COc1cc(OC)c(OC)c(C(=N)N)c1. The predicted octanol–water partition coefficient (Wildman–Crippen LogP) is 0.996. The number of hydrogen-bond acceptors (Lipinski definition) is 4. The van der Waals surface area contributed by atoms with Crippen LogP contribution in [0.5, 0.6) is 17.2 Å². The van der Waals surface area contributed by atoms with Crippen LogP contribution in [0, 0.1) is 5.41 Å². The molecule has 1 rings (SSSR count). The summed E-state index contributed by atoms with van der Waals surface area (Å²) in [4.78, 5) is 0. The third-order valence-electron chi connectivity index (χ3n) is 1.98. The number of nitrogen functional groups attached to an aromatic ring is 1. The molecular weight excluding hydrogens is 196 g/mol. The Morgan fingerprint density at radius 2 is 1.80 bits per heavy atom. The third kappa shape index (κ3) is 2.12. The van der Waals surface area contributed by atoms with E-state index in [1.807, 2.05) is 0 Å². The molecule has 0 saturated carbocycles. The van der Waals surface area contributed by atoms with E-state index in [1.165, 1.54) is 21.3 Å². The largest absolute Gasteiger partial charge is 0.497 e. The Labute approximate surface area is 88.3 Å². The number of ether oxygens (including phenoxy) is 3. The van der Waals surface area contributed by atoms with Gasteiger partial charge in [-0.3, -0.25) is 5.41 Å². The van der Waals surface area contributed by atoms with Crippen molar-refractivity contribution in [3.63, 3.8) is 0 Å². The molecule has 0 radical (unpaired) electrons. The van der Waals surface area contributed by atoms with E-state index in [2.05, 4.69) is 0 Å². The molecule has 82 valence electrons. The van der Waals surface area contributed by atoms with Crippen LogP contribution in [0.1, 0.15) is 5.56 Å². The van der Waals surface area contributed by atoms with Gasteiger partial charge in [0.1, 0.15) is 11.6 Å². The Bertz CT molecular complexity index is 377. The molecule has 5 heteroatoms. The van der Waals surface area contributed by atoms with Crippen molar-refractivity contribution < 1.29 is 14.2 Å². The smallest absolute Gasteiger partial charge is 0.171 e. The molecule has 0 amide bonds. The summed E-state index contributed by atoms with van der Waals surface area (Å²) in [5.41, 5.74) is 5.88. The minimum absolute atomic E-state index is 0.0935. The average Bonchev–Trinajstić information content (AvgIpc) is 2.26. The monoisotopic (exact) mass is 210 g/mol. The summed E-state index contributed by atoms with van der Waals surface area (Å²) in [6, 6.07) is 3.30. The summed E-state index contributed by atoms with van der Waals surface area (Å²) in [5, 5.41) is 7.41. The van der Waals surface area contributed by atoms with Gasteiger partial charge in [-0.05, 0) is 6.07 Å². The highest BCUT2D eigenvalue weighted by Gasteiger charge is 2.14. The summed E-state index contributed by atoms with van der Waals surface area (Å²) in [6.45, 7) is 0. The van der Waals surface area contributed by atoms with Crippen LogP contribution >= 0.6 is 0 Å². The first-order chi connectivity index (χ1) is 7.13. The zero-order chi connectivity index (χ0) is 11.4. The number of amidine groups is 1. The van der Waals surface area contributed by atoms with Crippen molar-refractivity contribution in [1.29, 1.82) is 5.41 Å². The van der Waals surface area contributed by atoms with E-state index in [0.29, 0.717) is 22.8 Å². The van der Waals surface area contributed by atoms with Crippen molar-refractivity contribution in [3.8, 4) is 17.2 Å². The van der Waals surface area contributed by atoms with Crippen LogP contribution in [0.3, 0.4) is 0 Å². The highest BCUT2D eigenvalue weighted by Crippen LogP contribution is 2.35. The molecule has 5 nitrogen and oxygen atoms in total. The number of nitrogens with one attached hydrogen (secondary N) is 1. The molecule has 0 aliphatic heterocycles. The zero-order valence-corrected chi connectivity index (χ0v) is 8.96. The number of rotatable bonds is 4. The summed E-state index contributed by atoms with van der Waals surface area (Å²) >= 11 is 0. The van der Waals surface area contributed by atoms with E-state index in [9.17, 15) is 0 Å². The van der Waals surface area contributed by atoms with Crippen molar-refractivity contribution in [2.24, 2.45) is 5.73 Å². The first-order valence-corrected chi connectivity index (χ1v) is 4.28. The van der Waals surface area contributed by atoms with E-state index in [4.69, 9.17) is 25.4 Å². The van der Waals surface area contributed by atoms with Gasteiger partial charge < -0.3 is 19.9 Å². The van der Waals surface area contributed by atoms with Crippen molar-refractivity contribution in [1.82, 2.24) is 0 Å². The first-order valence-electron chi connectivity index (χ1n) is 4.28. The molecule has 1 aromatic carbocycles. The molecule has 0 aliphatic rings. The quantitative estimate of drug-likeness (QED) is 0.574. The fourth-order valence-electron chi connectivity index (χ4n) is 1.26. The van der Waals surface area contributed by atoms with Gasteiger partial charge in [0.15, 0.2) is 11.5 Å². The lowest BCUT2D eigenvalue weighted by Crippen LogP contribution is -2.13. The maximum absolute atomic E-state index is 7.41. The molecule has 0 bridgehead atoms. The fourth-order valence-corrected chi connectivity index (χ4v) is 1.26. The number of nitrogens with two attached hydrogens (primary N) is 1. The Kier molecular flexibility index (Phi) is 3.38. The predicted molar refractivity (Wildman–Crippen MR) is 57.1 cm³/mol. The topological polar surface area (TPSA) is 77.6 Å². The van der Waals surface area contributed by atoms with Gasteiger partial charge in [0.2, 0.25) is 0 Å². The van der Waals surface area contributed by atoms with Gasteiger partial charge in [-0.2, -0.15) is 0 Å². The molecule has 0 heterocycles. The van der Waals surface area contributed by atoms with Gasteiger partial charge in [-0.15, -0.1) is 0 Å². The Morgan fingerprint density at radius 3 is 2.20 bits per heavy atom. The van der Waals surface area contributed by atoms with Gasteiger partial charge >= 0.3 is 0 Å². The molecule has 0 aliphatic carbocycles. The highest BCUT2D eigenvalue weighted by molar-refractivity contribution is 5.99. The van der Waals surface area contributed by atoms with Gasteiger partial charge in [-0.25, -0.2) is 0 Å². The molecule has 0 aromatic heterocycles. The van der Waals surface area contributed by atoms with Crippen LogP contribution in [0.4, 0.5) is 0 Å². The highest BCUT2D eigenvalue weighted by atomic mass is 16.5. The molecule has 0 atom stereocenters. The molecule has 1 aromatic rings. The first kappa shape index (κ1) is 11.2. The second-order valence-corrected chi connectivity index (χ2v) is 2.82. The lowest BCUT2D eigenvalue weighted by molar-refractivity contribution is 0.348.